The lowest BCUT2D eigenvalue weighted by Gasteiger charge is -2.23. The number of hydrogen-bond donors (Lipinski definition) is 5. The van der Waals surface area contributed by atoms with Crippen LogP contribution in [0.1, 0.15) is 142 Å². The van der Waals surface area contributed by atoms with Gasteiger partial charge in [0.2, 0.25) is 0 Å². The fraction of sp³-hybridized carbons (Fsp3) is 0.897. The van der Waals surface area contributed by atoms with Crippen molar-refractivity contribution >= 4 is 17.9 Å². The molecule has 1 unspecified atom stereocenters. The first kappa shape index (κ1) is 38.4. The third kappa shape index (κ3) is 24.6. The number of unbranched alkanes of at least 4 members (excludes halogenated alkanes) is 15. The van der Waals surface area contributed by atoms with Crippen molar-refractivity contribution in [3.63, 3.8) is 0 Å². The molecule has 0 heterocycles. The van der Waals surface area contributed by atoms with Gasteiger partial charge in [0.1, 0.15) is 0 Å². The molecule has 0 spiro atoms. The molecular formula is C29H58N2O7. The minimum Gasteiger partial charge on any atom is -0.481 e. The summed E-state index contributed by atoms with van der Waals surface area (Å²) in [6.45, 7) is 5.64. The number of nitrogens with zero attached hydrogens (tertiary/aromatic N) is 1. The summed E-state index contributed by atoms with van der Waals surface area (Å²) < 4.78 is 0. The second-order valence-corrected chi connectivity index (χ2v) is 10.6. The zero-order valence-electron chi connectivity index (χ0n) is 24.5. The number of hydrogen-bond acceptors (Lipinski definition) is 6. The Hall–Kier alpha value is -1.71. The second kappa shape index (κ2) is 25.6. The molecule has 0 aliphatic heterocycles. The molecule has 0 aromatic heterocycles. The SMILES string of the molecule is CCCCCCCCCCCCCCCCCCC(N)N(C)CCC.O=C(O)CC(O)(CC(=O)O)C(=O)O. The fourth-order valence-electron chi connectivity index (χ4n) is 4.35. The first-order chi connectivity index (χ1) is 18.0. The number of aliphatic carboxylic acids is 3. The Bertz CT molecular complexity index is 585. The standard InChI is InChI=1S/C23H50N2.C6H8O7/c1-4-6-7-8-9-10-11-12-13-14-15-16-17-18-19-20-21-23(24)25(3)22-5-2;7-3(8)1-6(13,5(11)12)2-4(9)10/h23H,4-22,24H2,1-3H3;13H,1-2H2,(H,7,8)(H,9,10)(H,11,12). The van der Waals surface area contributed by atoms with Crippen LogP contribution in [0.3, 0.4) is 0 Å². The maximum absolute atomic E-state index is 10.3. The van der Waals surface area contributed by atoms with Crippen LogP contribution in [-0.2, 0) is 14.4 Å². The van der Waals surface area contributed by atoms with Gasteiger partial charge in [0.15, 0.2) is 5.60 Å². The van der Waals surface area contributed by atoms with Crippen LogP contribution in [0.4, 0.5) is 0 Å². The first-order valence-corrected chi connectivity index (χ1v) is 14.8. The summed E-state index contributed by atoms with van der Waals surface area (Å²) in [4.78, 5) is 32.8. The Labute approximate surface area is 231 Å². The van der Waals surface area contributed by atoms with E-state index in [-0.39, 0.29) is 6.17 Å². The number of nitrogens with two attached hydrogens (primary N) is 1. The third-order valence-corrected chi connectivity index (χ3v) is 6.78. The van der Waals surface area contributed by atoms with Crippen LogP contribution in [0.15, 0.2) is 0 Å². The zero-order chi connectivity index (χ0) is 29.2. The molecule has 9 heteroatoms. The highest BCUT2D eigenvalue weighted by Gasteiger charge is 2.40. The van der Waals surface area contributed by atoms with Crippen LogP contribution in [0.2, 0.25) is 0 Å². The van der Waals surface area contributed by atoms with Gasteiger partial charge in [-0.15, -0.1) is 0 Å². The molecule has 0 bridgehead atoms. The van der Waals surface area contributed by atoms with Crippen LogP contribution in [0.5, 0.6) is 0 Å². The Kier molecular flexibility index (Phi) is 25.9. The summed E-state index contributed by atoms with van der Waals surface area (Å²) in [7, 11) is 2.15. The van der Waals surface area contributed by atoms with Crippen molar-refractivity contribution in [3.05, 3.63) is 0 Å². The normalized spacial score (nSPS) is 12.2. The number of carboxylic acid groups (broad SMARTS) is 3. The van der Waals surface area contributed by atoms with Crippen molar-refractivity contribution in [1.82, 2.24) is 4.90 Å². The van der Waals surface area contributed by atoms with Crippen LogP contribution >= 0.6 is 0 Å². The molecule has 226 valence electrons. The Morgan fingerprint density at radius 3 is 1.29 bits per heavy atom. The predicted molar refractivity (Wildman–Crippen MR) is 152 cm³/mol. The lowest BCUT2D eigenvalue weighted by molar-refractivity contribution is -0.170. The van der Waals surface area contributed by atoms with E-state index in [1.807, 2.05) is 0 Å². The van der Waals surface area contributed by atoms with Crippen molar-refractivity contribution in [2.45, 2.75) is 154 Å². The summed E-state index contributed by atoms with van der Waals surface area (Å²) in [5.74, 6) is -5.02. The minimum atomic E-state index is -2.74. The molecule has 0 fully saturated rings. The highest BCUT2D eigenvalue weighted by molar-refractivity contribution is 5.88. The number of carboxylic acids is 3. The van der Waals surface area contributed by atoms with Gasteiger partial charge in [0, 0.05) is 0 Å². The molecule has 6 N–H and O–H groups in total. The maximum atomic E-state index is 10.3. The predicted octanol–water partition coefficient (Wildman–Crippen LogP) is 6.02. The lowest BCUT2D eigenvalue weighted by Crippen LogP contribution is -2.42. The monoisotopic (exact) mass is 546 g/mol. The summed E-state index contributed by atoms with van der Waals surface area (Å²) in [6.07, 6.45) is 23.3. The molecule has 0 saturated carbocycles. The zero-order valence-corrected chi connectivity index (χ0v) is 24.5. The van der Waals surface area contributed by atoms with Crippen molar-refractivity contribution in [1.29, 1.82) is 0 Å². The summed E-state index contributed by atoms with van der Waals surface area (Å²) in [6, 6.07) is 0. The van der Waals surface area contributed by atoms with Crippen molar-refractivity contribution in [2.75, 3.05) is 13.6 Å². The van der Waals surface area contributed by atoms with E-state index in [1.54, 1.807) is 0 Å². The van der Waals surface area contributed by atoms with Gasteiger partial charge in [0.05, 0.1) is 19.0 Å². The number of rotatable bonds is 25. The number of aliphatic hydroxyl groups is 1. The summed E-state index contributed by atoms with van der Waals surface area (Å²) >= 11 is 0. The van der Waals surface area contributed by atoms with Crippen molar-refractivity contribution < 1.29 is 34.8 Å². The average molecular weight is 547 g/mol. The van der Waals surface area contributed by atoms with Gasteiger partial charge in [-0.2, -0.15) is 0 Å². The Morgan fingerprint density at radius 1 is 0.658 bits per heavy atom. The van der Waals surface area contributed by atoms with E-state index in [1.165, 1.54) is 109 Å². The quantitative estimate of drug-likeness (QED) is 0.0681. The van der Waals surface area contributed by atoms with Gasteiger partial charge >= 0.3 is 17.9 Å². The van der Waals surface area contributed by atoms with Crippen molar-refractivity contribution in [3.8, 4) is 0 Å². The van der Waals surface area contributed by atoms with Crippen LogP contribution < -0.4 is 5.73 Å². The molecule has 0 aliphatic rings. The van der Waals surface area contributed by atoms with E-state index in [9.17, 15) is 14.4 Å². The molecule has 0 rings (SSSR count). The minimum absolute atomic E-state index is 0.270. The van der Waals surface area contributed by atoms with E-state index < -0.39 is 36.4 Å². The van der Waals surface area contributed by atoms with Gasteiger partial charge in [-0.25, -0.2) is 4.79 Å². The molecular weight excluding hydrogens is 488 g/mol. The fourth-order valence-corrected chi connectivity index (χ4v) is 4.35. The molecule has 0 amide bonds. The van der Waals surface area contributed by atoms with Crippen LogP contribution in [0, 0.1) is 0 Å². The smallest absolute Gasteiger partial charge is 0.336 e. The van der Waals surface area contributed by atoms with Gasteiger partial charge < -0.3 is 26.2 Å². The van der Waals surface area contributed by atoms with Crippen molar-refractivity contribution in [2.24, 2.45) is 5.73 Å². The topological polar surface area (TPSA) is 161 Å². The molecule has 1 atom stereocenters. The molecule has 38 heavy (non-hydrogen) atoms. The second-order valence-electron chi connectivity index (χ2n) is 10.6. The van der Waals surface area contributed by atoms with E-state index in [2.05, 4.69) is 25.8 Å². The van der Waals surface area contributed by atoms with Gasteiger partial charge in [-0.05, 0) is 26.4 Å². The molecule has 0 aliphatic carbocycles. The van der Waals surface area contributed by atoms with Gasteiger partial charge in [-0.1, -0.05) is 117 Å². The van der Waals surface area contributed by atoms with E-state index in [4.69, 9.17) is 26.2 Å². The maximum Gasteiger partial charge on any atom is 0.336 e. The van der Waals surface area contributed by atoms with Crippen LogP contribution in [0.25, 0.3) is 0 Å². The Morgan fingerprint density at radius 2 is 1.00 bits per heavy atom. The lowest BCUT2D eigenvalue weighted by atomic mass is 9.96. The molecule has 0 aromatic rings. The number of carbonyl (C=O) groups is 3. The summed E-state index contributed by atoms with van der Waals surface area (Å²) in [5.41, 5.74) is 3.45. The average Bonchev–Trinajstić information content (AvgIpc) is 2.83. The molecule has 0 saturated heterocycles. The Balaban J connectivity index is 0. The van der Waals surface area contributed by atoms with Gasteiger partial charge in [-0.3, -0.25) is 14.5 Å². The van der Waals surface area contributed by atoms with E-state index in [0.29, 0.717) is 0 Å². The molecule has 0 aromatic carbocycles. The highest BCUT2D eigenvalue weighted by atomic mass is 16.4. The third-order valence-electron chi connectivity index (χ3n) is 6.78. The van der Waals surface area contributed by atoms with Gasteiger partial charge in [0.25, 0.3) is 0 Å². The summed E-state index contributed by atoms with van der Waals surface area (Å²) in [5, 5.41) is 33.8. The highest BCUT2D eigenvalue weighted by Crippen LogP contribution is 2.16. The van der Waals surface area contributed by atoms with E-state index >= 15 is 0 Å². The first-order valence-electron chi connectivity index (χ1n) is 14.8. The molecule has 0 radical (unpaired) electrons. The van der Waals surface area contributed by atoms with E-state index in [0.717, 1.165) is 13.0 Å². The van der Waals surface area contributed by atoms with Crippen LogP contribution in [-0.4, -0.2) is 68.6 Å². The molecule has 9 nitrogen and oxygen atoms in total. The largest absolute Gasteiger partial charge is 0.481 e.